The third-order valence-corrected chi connectivity index (χ3v) is 7.28. The monoisotopic (exact) mass is 566 g/mol. The molecule has 41 heavy (non-hydrogen) atoms. The lowest BCUT2D eigenvalue weighted by Crippen LogP contribution is -1.99. The molecule has 0 unspecified atom stereocenters. The van der Waals surface area contributed by atoms with E-state index in [2.05, 4.69) is 95.3 Å². The molecule has 0 saturated heterocycles. The zero-order chi connectivity index (χ0) is 29.8. The topological polar surface area (TPSA) is 27.7 Å². The van der Waals surface area contributed by atoms with Crippen molar-refractivity contribution in [3.63, 3.8) is 0 Å². The van der Waals surface area contributed by atoms with Crippen molar-refractivity contribution in [3.05, 3.63) is 77.4 Å². The van der Waals surface area contributed by atoms with Crippen LogP contribution in [0.5, 0.6) is 5.75 Å². The molecular weight excluding hydrogens is 504 g/mol. The molecule has 1 fully saturated rings. The number of ether oxygens (including phenoxy) is 1. The zero-order valence-electron chi connectivity index (χ0n) is 27.3. The average molecular weight is 567 g/mol. The van der Waals surface area contributed by atoms with Crippen molar-refractivity contribution in [1.82, 2.24) is 0 Å². The van der Waals surface area contributed by atoms with Crippen LogP contribution in [-0.4, -0.2) is 13.2 Å². The molecule has 2 aromatic carbocycles. The van der Waals surface area contributed by atoms with Crippen molar-refractivity contribution in [2.75, 3.05) is 13.2 Å². The minimum Gasteiger partial charge on any atom is -0.494 e. The Bertz CT molecular complexity index is 835. The third kappa shape index (κ3) is 21.3. The Morgan fingerprint density at radius 2 is 1.24 bits per heavy atom. The second kappa shape index (κ2) is 26.8. The summed E-state index contributed by atoms with van der Waals surface area (Å²) in [5, 5.41) is 0. The molecule has 232 valence electrons. The largest absolute Gasteiger partial charge is 0.494 e. The highest BCUT2D eigenvalue weighted by molar-refractivity contribution is 5.28. The van der Waals surface area contributed by atoms with Gasteiger partial charge < -0.3 is 4.74 Å². The molecule has 1 saturated carbocycles. The second-order valence-electron chi connectivity index (χ2n) is 11.4. The van der Waals surface area contributed by atoms with E-state index in [9.17, 15) is 0 Å². The van der Waals surface area contributed by atoms with Crippen LogP contribution in [0.1, 0.15) is 135 Å². The van der Waals surface area contributed by atoms with Gasteiger partial charge in [0.05, 0.1) is 13.2 Å². The molecule has 0 atom stereocenters. The Hall–Kier alpha value is -2.10. The molecule has 0 aromatic heterocycles. The Labute approximate surface area is 254 Å². The van der Waals surface area contributed by atoms with Gasteiger partial charge in [-0.3, -0.25) is 0 Å². The van der Waals surface area contributed by atoms with Crippen LogP contribution in [0.2, 0.25) is 0 Å². The van der Waals surface area contributed by atoms with Crippen LogP contribution >= 0.6 is 0 Å². The molecule has 0 heterocycles. The van der Waals surface area contributed by atoms with Gasteiger partial charge >= 0.3 is 0 Å². The molecule has 3 rings (SSSR count). The Morgan fingerprint density at radius 1 is 0.634 bits per heavy atom. The fraction of sp³-hybridized carbons (Fsp3) is 0.632. The summed E-state index contributed by atoms with van der Waals surface area (Å²) in [7, 11) is 0. The third-order valence-electron chi connectivity index (χ3n) is 7.28. The highest BCUT2D eigenvalue weighted by Gasteiger charge is 2.06. The fourth-order valence-corrected chi connectivity index (χ4v) is 4.48. The predicted molar refractivity (Wildman–Crippen MR) is 178 cm³/mol. The van der Waals surface area contributed by atoms with E-state index in [-0.39, 0.29) is 0 Å². The van der Waals surface area contributed by atoms with E-state index >= 15 is 0 Å². The van der Waals surface area contributed by atoms with E-state index in [1.165, 1.54) is 75.3 Å². The molecule has 1 aliphatic rings. The molecule has 0 spiro atoms. The summed E-state index contributed by atoms with van der Waals surface area (Å²) in [6, 6.07) is 17.0. The highest BCUT2D eigenvalue weighted by atomic mass is 17.2. The van der Waals surface area contributed by atoms with E-state index < -0.39 is 0 Å². The smallest absolute Gasteiger partial charge is 0.119 e. The van der Waals surface area contributed by atoms with Gasteiger partial charge in [0.25, 0.3) is 0 Å². The summed E-state index contributed by atoms with van der Waals surface area (Å²) in [4.78, 5) is 10.2. The van der Waals surface area contributed by atoms with Crippen LogP contribution in [-0.2, 0) is 29.2 Å². The van der Waals surface area contributed by atoms with Crippen LogP contribution < -0.4 is 4.74 Å². The first-order valence-electron chi connectivity index (χ1n) is 16.8. The SMILES string of the molecule is CC1CCCCC1.CCCCC=CCc1ccc(OCCCC)cc1.CCCCOOCc1ccc(CCC)cc1. The van der Waals surface area contributed by atoms with Crippen molar-refractivity contribution in [1.29, 1.82) is 0 Å². The summed E-state index contributed by atoms with van der Waals surface area (Å²) >= 11 is 0. The first-order valence-corrected chi connectivity index (χ1v) is 16.8. The van der Waals surface area contributed by atoms with Gasteiger partial charge in [0.2, 0.25) is 0 Å². The summed E-state index contributed by atoms with van der Waals surface area (Å²) in [6.07, 6.45) is 23.6. The maximum absolute atomic E-state index is 5.64. The van der Waals surface area contributed by atoms with Gasteiger partial charge in [-0.1, -0.05) is 147 Å². The Morgan fingerprint density at radius 3 is 1.83 bits per heavy atom. The maximum atomic E-state index is 5.64. The van der Waals surface area contributed by atoms with Gasteiger partial charge in [-0.15, -0.1) is 0 Å². The summed E-state index contributed by atoms with van der Waals surface area (Å²) in [5.74, 6) is 2.02. The number of hydrogen-bond acceptors (Lipinski definition) is 3. The first-order chi connectivity index (χ1) is 20.1. The molecule has 0 amide bonds. The molecule has 3 nitrogen and oxygen atoms in total. The van der Waals surface area contributed by atoms with Gasteiger partial charge in [-0.2, -0.15) is 0 Å². The standard InChI is InChI=1S/C17H26O.C14H22O2.C7H14/c1-3-5-7-8-9-10-16-11-13-17(14-12-16)18-15-6-4-2;1-3-5-11-15-16-12-14-9-7-13(6-4-2)8-10-14;1-7-5-3-2-4-6-7/h8-9,11-14H,3-7,10,15H2,1-2H3;7-10H,3-6,11-12H2,1-2H3;7H,2-6H2,1H3. The summed E-state index contributed by atoms with van der Waals surface area (Å²) < 4.78 is 5.64. The molecule has 0 bridgehead atoms. The lowest BCUT2D eigenvalue weighted by molar-refractivity contribution is -0.304. The van der Waals surface area contributed by atoms with Crippen molar-refractivity contribution < 1.29 is 14.5 Å². The van der Waals surface area contributed by atoms with Gasteiger partial charge in [0.15, 0.2) is 0 Å². The average Bonchev–Trinajstić information content (AvgIpc) is 3.00. The van der Waals surface area contributed by atoms with Crippen molar-refractivity contribution in [2.24, 2.45) is 5.92 Å². The normalized spacial score (nSPS) is 13.3. The molecular formula is C38H62O3. The van der Waals surface area contributed by atoms with Gasteiger partial charge in [0, 0.05) is 0 Å². The molecule has 1 aliphatic carbocycles. The van der Waals surface area contributed by atoms with E-state index in [1.54, 1.807) is 0 Å². The number of unbranched alkanes of at least 4 members (excludes halogenated alkanes) is 4. The molecule has 3 heteroatoms. The minimum atomic E-state index is 0.538. The van der Waals surface area contributed by atoms with Gasteiger partial charge in [-0.25, -0.2) is 9.78 Å². The number of benzene rings is 2. The van der Waals surface area contributed by atoms with Gasteiger partial charge in [0.1, 0.15) is 12.4 Å². The van der Waals surface area contributed by atoms with Crippen LogP contribution in [0.3, 0.4) is 0 Å². The highest BCUT2D eigenvalue weighted by Crippen LogP contribution is 2.22. The quantitative estimate of drug-likeness (QED) is 0.0825. The van der Waals surface area contributed by atoms with Crippen molar-refractivity contribution >= 4 is 0 Å². The summed E-state index contributed by atoms with van der Waals surface area (Å²) in [6.45, 7) is 13.1. The number of allylic oxidation sites excluding steroid dienone is 2. The molecule has 0 N–H and O–H groups in total. The zero-order valence-corrected chi connectivity index (χ0v) is 27.3. The van der Waals surface area contributed by atoms with Crippen LogP contribution in [0.4, 0.5) is 0 Å². The lowest BCUT2D eigenvalue weighted by Gasteiger charge is -2.15. The van der Waals surface area contributed by atoms with Crippen LogP contribution in [0.15, 0.2) is 60.7 Å². The second-order valence-corrected chi connectivity index (χ2v) is 11.4. The van der Waals surface area contributed by atoms with Crippen LogP contribution in [0.25, 0.3) is 0 Å². The Balaban J connectivity index is 0.000000334. The van der Waals surface area contributed by atoms with Gasteiger partial charge in [-0.05, 0) is 66.8 Å². The van der Waals surface area contributed by atoms with Crippen LogP contribution in [0, 0.1) is 5.92 Å². The first kappa shape index (κ1) is 36.9. The predicted octanol–water partition coefficient (Wildman–Crippen LogP) is 11.6. The van der Waals surface area contributed by atoms with E-state index in [0.717, 1.165) is 55.9 Å². The number of hydrogen-bond donors (Lipinski definition) is 0. The summed E-state index contributed by atoms with van der Waals surface area (Å²) in [5.41, 5.74) is 3.90. The lowest BCUT2D eigenvalue weighted by atomic mass is 9.91. The van der Waals surface area contributed by atoms with E-state index in [0.29, 0.717) is 13.2 Å². The fourth-order valence-electron chi connectivity index (χ4n) is 4.48. The molecule has 0 radical (unpaired) electrons. The van der Waals surface area contributed by atoms with E-state index in [4.69, 9.17) is 14.5 Å². The van der Waals surface area contributed by atoms with Crippen molar-refractivity contribution in [2.45, 2.75) is 138 Å². The Kier molecular flexibility index (Phi) is 24.1. The molecule has 0 aliphatic heterocycles. The number of aryl methyl sites for hydroxylation is 1. The minimum absolute atomic E-state index is 0.538. The van der Waals surface area contributed by atoms with Crippen molar-refractivity contribution in [3.8, 4) is 5.75 Å². The number of rotatable bonds is 17. The van der Waals surface area contributed by atoms with E-state index in [1.807, 2.05) is 0 Å². The maximum Gasteiger partial charge on any atom is 0.119 e. The molecule has 2 aromatic rings.